The largest absolute Gasteiger partial charge is 0.378 e. The van der Waals surface area contributed by atoms with E-state index >= 15 is 4.39 Å². The smallest absolute Gasteiger partial charge is 0.250 e. The van der Waals surface area contributed by atoms with E-state index in [0.29, 0.717) is 30.5 Å². The third-order valence-corrected chi connectivity index (χ3v) is 11.2. The van der Waals surface area contributed by atoms with Gasteiger partial charge in [-0.3, -0.25) is 9.59 Å². The average Bonchev–Trinajstić information content (AvgIpc) is 3.37. The Bertz CT molecular complexity index is 1710. The van der Waals surface area contributed by atoms with Crippen molar-refractivity contribution in [3.63, 3.8) is 0 Å². The number of nitrogens with zero attached hydrogens (tertiary/aromatic N) is 2. The molecular formula is C37H43FN4O2S. The van der Waals surface area contributed by atoms with E-state index in [0.717, 1.165) is 28.4 Å². The van der Waals surface area contributed by atoms with Crippen LogP contribution >= 0.6 is 11.8 Å². The number of H-pyrrole nitrogens is 1. The molecule has 1 saturated heterocycles. The third kappa shape index (κ3) is 5.85. The first-order chi connectivity index (χ1) is 21.5. The van der Waals surface area contributed by atoms with Gasteiger partial charge in [0.2, 0.25) is 11.8 Å². The Morgan fingerprint density at radius 3 is 2.33 bits per heavy atom. The Labute approximate surface area is 269 Å². The Morgan fingerprint density at radius 2 is 1.64 bits per heavy atom. The topological polar surface area (TPSA) is 68.4 Å². The fourth-order valence-electron chi connectivity index (χ4n) is 7.39. The number of fused-ring (bicyclic) bond motifs is 1. The summed E-state index contributed by atoms with van der Waals surface area (Å²) >= 11 is 1.79. The molecule has 236 valence electrons. The molecule has 6 rings (SSSR count). The molecule has 0 bridgehead atoms. The summed E-state index contributed by atoms with van der Waals surface area (Å²) in [6.07, 6.45) is 1.32. The minimum Gasteiger partial charge on any atom is -0.378 e. The molecule has 4 aromatic rings. The molecule has 2 atom stereocenters. The normalized spacial score (nSPS) is 20.0. The maximum Gasteiger partial charge on any atom is 0.250 e. The summed E-state index contributed by atoms with van der Waals surface area (Å²) in [5.74, 6) is 1.14. The number of nitrogens with one attached hydrogen (secondary N) is 2. The van der Waals surface area contributed by atoms with Crippen LogP contribution < -0.4 is 10.2 Å². The van der Waals surface area contributed by atoms with Crippen LogP contribution in [0.5, 0.6) is 0 Å². The van der Waals surface area contributed by atoms with Crippen LogP contribution in [-0.4, -0.2) is 52.8 Å². The van der Waals surface area contributed by atoms with Gasteiger partial charge in [-0.15, -0.1) is 0 Å². The number of anilines is 2. The number of aromatic nitrogens is 1. The molecule has 2 N–H and O–H groups in total. The van der Waals surface area contributed by atoms with Gasteiger partial charge in [0.25, 0.3) is 0 Å². The lowest BCUT2D eigenvalue weighted by Crippen LogP contribution is -2.60. The molecule has 0 spiro atoms. The Hall–Kier alpha value is -3.78. The molecule has 0 radical (unpaired) electrons. The number of rotatable bonds is 9. The number of hydrogen-bond donors (Lipinski definition) is 2. The first-order valence-corrected chi connectivity index (χ1v) is 17.0. The standard InChI is InChI=1S/C37H43FN4O2S/c1-24-33(28-11-7-9-13-31(28)39-24)34-29(36(34,2)3)22-32(43)42(23-25-10-6-8-12-30(25)38)37(18-20-45-21-19-37)35(44)40-26-14-16-27(17-15-26)41(4)5/h6-17,29,34,39H,18-23H2,1-5H3,(H,40,44)/t29-,34-/m0/s1. The molecule has 45 heavy (non-hydrogen) atoms. The number of carbonyl (C=O) groups excluding carboxylic acids is 2. The lowest BCUT2D eigenvalue weighted by molar-refractivity contribution is -0.147. The lowest BCUT2D eigenvalue weighted by atomic mass is 9.87. The minimum absolute atomic E-state index is 0.0487. The molecule has 8 heteroatoms. The van der Waals surface area contributed by atoms with Gasteiger partial charge < -0.3 is 20.1 Å². The second kappa shape index (κ2) is 12.2. The van der Waals surface area contributed by atoms with Crippen LogP contribution in [0.15, 0.2) is 72.8 Å². The van der Waals surface area contributed by atoms with Crippen LogP contribution in [0.3, 0.4) is 0 Å². The molecule has 2 heterocycles. The van der Waals surface area contributed by atoms with E-state index in [1.54, 1.807) is 34.9 Å². The molecule has 6 nitrogen and oxygen atoms in total. The zero-order valence-corrected chi connectivity index (χ0v) is 27.6. The fourth-order valence-corrected chi connectivity index (χ4v) is 8.56. The highest BCUT2D eigenvalue weighted by Gasteiger charge is 2.60. The number of amides is 2. The van der Waals surface area contributed by atoms with Crippen LogP contribution in [0.2, 0.25) is 0 Å². The number of halogens is 1. The molecule has 1 saturated carbocycles. The van der Waals surface area contributed by atoms with Crippen LogP contribution in [-0.2, 0) is 16.1 Å². The van der Waals surface area contributed by atoms with Crippen molar-refractivity contribution >= 4 is 45.9 Å². The van der Waals surface area contributed by atoms with Crippen LogP contribution in [0, 0.1) is 24.1 Å². The Morgan fingerprint density at radius 1 is 0.978 bits per heavy atom. The molecule has 2 fully saturated rings. The van der Waals surface area contributed by atoms with Crippen molar-refractivity contribution in [2.75, 3.05) is 35.8 Å². The quantitative estimate of drug-likeness (QED) is 0.199. The first kappa shape index (κ1) is 31.2. The highest BCUT2D eigenvalue weighted by Crippen LogP contribution is 2.67. The maximum atomic E-state index is 15.1. The van der Waals surface area contributed by atoms with Crippen molar-refractivity contribution in [2.45, 2.75) is 58.0 Å². The summed E-state index contributed by atoms with van der Waals surface area (Å²) in [6.45, 7) is 6.62. The van der Waals surface area contributed by atoms with Gasteiger partial charge in [-0.25, -0.2) is 4.39 Å². The van der Waals surface area contributed by atoms with Gasteiger partial charge in [-0.05, 0) is 90.5 Å². The lowest BCUT2D eigenvalue weighted by Gasteiger charge is -2.45. The van der Waals surface area contributed by atoms with Crippen molar-refractivity contribution in [3.05, 3.63) is 95.4 Å². The summed E-state index contributed by atoms with van der Waals surface area (Å²) in [6, 6.07) is 22.6. The number of thioether (sulfide) groups is 1. The van der Waals surface area contributed by atoms with E-state index in [1.807, 2.05) is 49.3 Å². The second-order valence-electron chi connectivity index (χ2n) is 13.4. The number of carbonyl (C=O) groups is 2. The average molecular weight is 627 g/mol. The van der Waals surface area contributed by atoms with E-state index in [-0.39, 0.29) is 41.4 Å². The summed E-state index contributed by atoms with van der Waals surface area (Å²) in [5.41, 5.74) is 4.46. The number of hydrogen-bond acceptors (Lipinski definition) is 4. The number of para-hydroxylation sites is 1. The summed E-state index contributed by atoms with van der Waals surface area (Å²) in [7, 11) is 3.94. The number of benzene rings is 3. The zero-order chi connectivity index (χ0) is 31.9. The molecule has 2 amide bonds. The summed E-state index contributed by atoms with van der Waals surface area (Å²) in [4.78, 5) is 36.3. The van der Waals surface area contributed by atoms with Gasteiger partial charge in [0, 0.05) is 60.6 Å². The SMILES string of the molecule is Cc1[nH]c2ccccc2c1[C@@H]1[C@H](CC(=O)N(Cc2ccccc2F)C2(C(=O)Nc3ccc(N(C)C)cc3)CCSCC2)C1(C)C. The predicted molar refractivity (Wildman–Crippen MR) is 183 cm³/mol. The van der Waals surface area contributed by atoms with Gasteiger partial charge in [0.15, 0.2) is 0 Å². The summed E-state index contributed by atoms with van der Waals surface area (Å²) < 4.78 is 15.1. The van der Waals surface area contributed by atoms with Crippen molar-refractivity contribution < 1.29 is 14.0 Å². The van der Waals surface area contributed by atoms with Gasteiger partial charge >= 0.3 is 0 Å². The molecule has 1 aromatic heterocycles. The van der Waals surface area contributed by atoms with Gasteiger partial charge in [-0.1, -0.05) is 50.2 Å². The van der Waals surface area contributed by atoms with Crippen molar-refractivity contribution in [1.29, 1.82) is 0 Å². The summed E-state index contributed by atoms with van der Waals surface area (Å²) in [5, 5.41) is 4.34. The van der Waals surface area contributed by atoms with Crippen LogP contribution in [0.1, 0.15) is 55.8 Å². The Balaban J connectivity index is 1.33. The Kier molecular flexibility index (Phi) is 8.46. The van der Waals surface area contributed by atoms with Crippen molar-refractivity contribution in [3.8, 4) is 0 Å². The van der Waals surface area contributed by atoms with E-state index in [9.17, 15) is 9.59 Å². The van der Waals surface area contributed by atoms with Crippen molar-refractivity contribution in [2.24, 2.45) is 11.3 Å². The maximum absolute atomic E-state index is 15.1. The molecular weight excluding hydrogens is 583 g/mol. The van der Waals surface area contributed by atoms with Crippen LogP contribution in [0.4, 0.5) is 15.8 Å². The molecule has 3 aromatic carbocycles. The minimum atomic E-state index is -1.09. The van der Waals surface area contributed by atoms with Crippen LogP contribution in [0.25, 0.3) is 10.9 Å². The highest BCUT2D eigenvalue weighted by atomic mass is 32.2. The highest BCUT2D eigenvalue weighted by molar-refractivity contribution is 7.99. The monoisotopic (exact) mass is 626 g/mol. The predicted octanol–water partition coefficient (Wildman–Crippen LogP) is 7.74. The zero-order valence-electron chi connectivity index (χ0n) is 26.8. The van der Waals surface area contributed by atoms with Gasteiger partial charge in [0.05, 0.1) is 0 Å². The van der Waals surface area contributed by atoms with Gasteiger partial charge in [0.1, 0.15) is 11.4 Å². The fraction of sp³-hybridized carbons (Fsp3) is 0.405. The second-order valence-corrected chi connectivity index (χ2v) is 14.7. The molecule has 2 aliphatic rings. The third-order valence-electron chi connectivity index (χ3n) is 10.2. The van der Waals surface area contributed by atoms with E-state index in [4.69, 9.17) is 0 Å². The van der Waals surface area contributed by atoms with E-state index in [2.05, 4.69) is 49.3 Å². The van der Waals surface area contributed by atoms with Gasteiger partial charge in [-0.2, -0.15) is 11.8 Å². The van der Waals surface area contributed by atoms with E-state index < -0.39 is 5.54 Å². The van der Waals surface area contributed by atoms with E-state index in [1.165, 1.54) is 17.0 Å². The first-order valence-electron chi connectivity index (χ1n) is 15.8. The molecule has 1 aliphatic carbocycles. The molecule has 0 unspecified atom stereocenters. The van der Waals surface area contributed by atoms with Crippen molar-refractivity contribution in [1.82, 2.24) is 9.88 Å². The molecule has 1 aliphatic heterocycles. The number of aryl methyl sites for hydroxylation is 1. The number of aromatic amines is 1.